The van der Waals surface area contributed by atoms with Gasteiger partial charge in [-0.2, -0.15) is 5.10 Å². The van der Waals surface area contributed by atoms with E-state index in [1.165, 1.54) is 28.2 Å². The molecule has 0 bridgehead atoms. The average Bonchev–Trinajstić information content (AvgIpc) is 3.05. The molecule has 4 rings (SSSR count). The molecule has 3 nitrogen and oxygen atoms in total. The Balaban J connectivity index is 1.73. The van der Waals surface area contributed by atoms with Gasteiger partial charge in [0.1, 0.15) is 0 Å². The molecule has 0 saturated heterocycles. The van der Waals surface area contributed by atoms with Crippen molar-refractivity contribution in [2.75, 3.05) is 5.01 Å². The van der Waals surface area contributed by atoms with E-state index in [1.54, 1.807) is 0 Å². The number of aryl methyl sites for hydroxylation is 3. The van der Waals surface area contributed by atoms with Crippen LogP contribution in [0.2, 0.25) is 0 Å². The Hall–Kier alpha value is -3.59. The first kappa shape index (κ1) is 19.7. The molecule has 0 aliphatic heterocycles. The van der Waals surface area contributed by atoms with Crippen LogP contribution >= 0.6 is 0 Å². The summed E-state index contributed by atoms with van der Waals surface area (Å²) >= 11 is 0. The van der Waals surface area contributed by atoms with Crippen molar-refractivity contribution in [2.24, 2.45) is 5.10 Å². The molecule has 0 atom stereocenters. The van der Waals surface area contributed by atoms with E-state index < -0.39 is 0 Å². The van der Waals surface area contributed by atoms with Gasteiger partial charge in [-0.25, -0.2) is 5.01 Å². The lowest BCUT2D eigenvalue weighted by Gasteiger charge is -2.19. The van der Waals surface area contributed by atoms with Crippen LogP contribution in [-0.2, 0) is 0 Å². The molecule has 0 aliphatic rings. The van der Waals surface area contributed by atoms with Gasteiger partial charge >= 0.3 is 0 Å². The molecule has 150 valence electrons. The summed E-state index contributed by atoms with van der Waals surface area (Å²) in [5.41, 5.74) is 9.35. The van der Waals surface area contributed by atoms with Crippen molar-refractivity contribution in [1.29, 1.82) is 0 Å². The number of benzene rings is 3. The predicted molar refractivity (Wildman–Crippen MR) is 127 cm³/mol. The van der Waals surface area contributed by atoms with E-state index in [4.69, 9.17) is 5.10 Å². The summed E-state index contributed by atoms with van der Waals surface area (Å²) in [5, 5.41) is 6.84. The fourth-order valence-corrected chi connectivity index (χ4v) is 3.72. The standard InChI is InChI=1S/C27H27N3/c1-20-15-16-27(17-21(20)2)29-22(3)18-24(23(29)4)19-28-30(25-11-7-5-8-12-25)26-13-9-6-10-14-26/h5-19H,1-4H3. The first-order valence-electron chi connectivity index (χ1n) is 10.3. The number of hydrogen-bond donors (Lipinski definition) is 0. The van der Waals surface area contributed by atoms with E-state index in [2.05, 4.69) is 80.8 Å². The summed E-state index contributed by atoms with van der Waals surface area (Å²) in [5.74, 6) is 0. The van der Waals surface area contributed by atoms with Gasteiger partial charge in [0.25, 0.3) is 0 Å². The molecule has 1 heterocycles. The molecule has 30 heavy (non-hydrogen) atoms. The van der Waals surface area contributed by atoms with Crippen LogP contribution in [0, 0.1) is 27.7 Å². The fourth-order valence-electron chi connectivity index (χ4n) is 3.72. The second-order valence-corrected chi connectivity index (χ2v) is 7.66. The normalized spacial score (nSPS) is 11.2. The smallest absolute Gasteiger partial charge is 0.0652 e. The molecule has 0 aliphatic carbocycles. The minimum Gasteiger partial charge on any atom is -0.318 e. The molecule has 1 aromatic heterocycles. The van der Waals surface area contributed by atoms with E-state index >= 15 is 0 Å². The summed E-state index contributed by atoms with van der Waals surface area (Å²) in [4.78, 5) is 0. The molecule has 0 amide bonds. The van der Waals surface area contributed by atoms with Gasteiger partial charge in [-0.1, -0.05) is 42.5 Å². The minimum atomic E-state index is 1.03. The van der Waals surface area contributed by atoms with Gasteiger partial charge in [0, 0.05) is 22.6 Å². The lowest BCUT2D eigenvalue weighted by molar-refractivity contribution is 0.961. The van der Waals surface area contributed by atoms with Gasteiger partial charge in [0.05, 0.1) is 17.6 Å². The van der Waals surface area contributed by atoms with E-state index in [9.17, 15) is 0 Å². The molecule has 0 unspecified atom stereocenters. The molecule has 4 aromatic rings. The van der Waals surface area contributed by atoms with Crippen LogP contribution in [0.5, 0.6) is 0 Å². The highest BCUT2D eigenvalue weighted by Gasteiger charge is 2.12. The number of nitrogens with zero attached hydrogens (tertiary/aromatic N) is 3. The molecular formula is C27H27N3. The number of hydrogen-bond acceptors (Lipinski definition) is 2. The van der Waals surface area contributed by atoms with Crippen LogP contribution in [0.1, 0.15) is 28.1 Å². The molecule has 0 N–H and O–H groups in total. The van der Waals surface area contributed by atoms with Crippen LogP contribution in [0.4, 0.5) is 11.4 Å². The van der Waals surface area contributed by atoms with Crippen molar-refractivity contribution in [2.45, 2.75) is 27.7 Å². The summed E-state index contributed by atoms with van der Waals surface area (Å²) in [6, 6.07) is 29.3. The van der Waals surface area contributed by atoms with Crippen LogP contribution < -0.4 is 5.01 Å². The van der Waals surface area contributed by atoms with Gasteiger partial charge in [0.2, 0.25) is 0 Å². The Labute approximate surface area is 178 Å². The predicted octanol–water partition coefficient (Wildman–Crippen LogP) is 6.88. The molecule has 3 heteroatoms. The van der Waals surface area contributed by atoms with Crippen molar-refractivity contribution in [3.05, 3.63) is 113 Å². The fraction of sp³-hybridized carbons (Fsp3) is 0.148. The summed E-state index contributed by atoms with van der Waals surface area (Å²) in [7, 11) is 0. The average molecular weight is 394 g/mol. The zero-order valence-corrected chi connectivity index (χ0v) is 18.0. The molecule has 3 aromatic carbocycles. The van der Waals surface area contributed by atoms with E-state index in [1.807, 2.05) is 47.6 Å². The third-order valence-electron chi connectivity index (χ3n) is 5.53. The SMILES string of the molecule is Cc1ccc(-n2c(C)cc(C=NN(c3ccccc3)c3ccccc3)c2C)cc1C. The Morgan fingerprint density at radius 3 is 1.87 bits per heavy atom. The third-order valence-corrected chi connectivity index (χ3v) is 5.53. The lowest BCUT2D eigenvalue weighted by Crippen LogP contribution is -2.09. The van der Waals surface area contributed by atoms with Crippen LogP contribution in [0.3, 0.4) is 0 Å². The van der Waals surface area contributed by atoms with Gasteiger partial charge in [-0.05, 0) is 81.3 Å². The maximum atomic E-state index is 4.87. The topological polar surface area (TPSA) is 20.5 Å². The van der Waals surface area contributed by atoms with Crippen molar-refractivity contribution in [3.63, 3.8) is 0 Å². The number of para-hydroxylation sites is 2. The second kappa shape index (κ2) is 8.42. The Morgan fingerprint density at radius 1 is 0.700 bits per heavy atom. The largest absolute Gasteiger partial charge is 0.318 e. The monoisotopic (exact) mass is 393 g/mol. The van der Waals surface area contributed by atoms with Crippen molar-refractivity contribution < 1.29 is 0 Å². The zero-order valence-electron chi connectivity index (χ0n) is 18.0. The van der Waals surface area contributed by atoms with E-state index in [0.717, 1.165) is 16.9 Å². The van der Waals surface area contributed by atoms with E-state index in [-0.39, 0.29) is 0 Å². The Bertz CT molecular complexity index is 1130. The summed E-state index contributed by atoms with van der Waals surface area (Å²) < 4.78 is 2.29. The van der Waals surface area contributed by atoms with Crippen molar-refractivity contribution in [3.8, 4) is 5.69 Å². The van der Waals surface area contributed by atoms with Gasteiger partial charge < -0.3 is 4.57 Å². The molecular weight excluding hydrogens is 366 g/mol. The van der Waals surface area contributed by atoms with Crippen LogP contribution in [0.25, 0.3) is 5.69 Å². The molecule has 0 saturated carbocycles. The van der Waals surface area contributed by atoms with Gasteiger partial charge in [-0.15, -0.1) is 0 Å². The summed E-state index contributed by atoms with van der Waals surface area (Å²) in [6.07, 6.45) is 1.96. The maximum Gasteiger partial charge on any atom is 0.0652 e. The highest BCUT2D eigenvalue weighted by Crippen LogP contribution is 2.26. The molecule has 0 radical (unpaired) electrons. The molecule has 0 spiro atoms. The quantitative estimate of drug-likeness (QED) is 0.267. The third kappa shape index (κ3) is 3.92. The van der Waals surface area contributed by atoms with Crippen LogP contribution in [-0.4, -0.2) is 10.8 Å². The van der Waals surface area contributed by atoms with E-state index in [0.29, 0.717) is 0 Å². The van der Waals surface area contributed by atoms with Gasteiger partial charge in [-0.3, -0.25) is 0 Å². The Morgan fingerprint density at radius 2 is 1.30 bits per heavy atom. The molecule has 0 fully saturated rings. The highest BCUT2D eigenvalue weighted by atomic mass is 15.5. The number of hydrazone groups is 1. The van der Waals surface area contributed by atoms with Crippen molar-refractivity contribution in [1.82, 2.24) is 4.57 Å². The van der Waals surface area contributed by atoms with Crippen molar-refractivity contribution >= 4 is 17.6 Å². The summed E-state index contributed by atoms with van der Waals surface area (Å²) in [6.45, 7) is 8.60. The van der Waals surface area contributed by atoms with Gasteiger partial charge in [0.15, 0.2) is 0 Å². The Kier molecular flexibility index (Phi) is 5.53. The first-order chi connectivity index (χ1) is 14.5. The number of aromatic nitrogens is 1. The highest BCUT2D eigenvalue weighted by molar-refractivity contribution is 5.84. The lowest BCUT2D eigenvalue weighted by atomic mass is 10.1. The zero-order chi connectivity index (χ0) is 21.1. The number of rotatable bonds is 5. The number of anilines is 2. The minimum absolute atomic E-state index is 1.03. The first-order valence-corrected chi connectivity index (χ1v) is 10.3. The maximum absolute atomic E-state index is 4.87. The van der Waals surface area contributed by atoms with Crippen LogP contribution in [0.15, 0.2) is 90.0 Å². The second-order valence-electron chi connectivity index (χ2n) is 7.66.